The lowest BCUT2D eigenvalue weighted by Crippen LogP contribution is -2.25. The third-order valence-electron chi connectivity index (χ3n) is 5.00. The van der Waals surface area contributed by atoms with Crippen molar-refractivity contribution in [3.8, 4) is 5.75 Å². The number of aromatic nitrogens is 2. The van der Waals surface area contributed by atoms with E-state index in [4.69, 9.17) is 14.1 Å². The molecule has 32 heavy (non-hydrogen) atoms. The third-order valence-corrected chi connectivity index (χ3v) is 5.00. The first-order valence-electron chi connectivity index (χ1n) is 10.3. The molecule has 8 nitrogen and oxygen atoms in total. The highest BCUT2D eigenvalue weighted by Crippen LogP contribution is 2.19. The zero-order valence-electron chi connectivity index (χ0n) is 17.7. The fourth-order valence-corrected chi connectivity index (χ4v) is 3.48. The second kappa shape index (κ2) is 9.82. The molecule has 4 rings (SSSR count). The number of benzene rings is 2. The second-order valence-electron chi connectivity index (χ2n) is 7.22. The predicted molar refractivity (Wildman–Crippen MR) is 121 cm³/mol. The van der Waals surface area contributed by atoms with Gasteiger partial charge in [-0.25, -0.2) is 4.98 Å². The van der Waals surface area contributed by atoms with Crippen molar-refractivity contribution in [1.82, 2.24) is 14.9 Å². The first-order valence-corrected chi connectivity index (χ1v) is 10.3. The van der Waals surface area contributed by atoms with Gasteiger partial charge >= 0.3 is 0 Å². The molecule has 164 valence electrons. The largest absolute Gasteiger partial charge is 0.497 e. The van der Waals surface area contributed by atoms with E-state index in [1.54, 1.807) is 25.3 Å². The van der Waals surface area contributed by atoms with Crippen LogP contribution in [0.15, 0.2) is 71.3 Å². The van der Waals surface area contributed by atoms with E-state index in [1.165, 1.54) is 6.26 Å². The summed E-state index contributed by atoms with van der Waals surface area (Å²) in [5.74, 6) is 1.34. The standard InChI is InChI=1S/C24H24N4O4/c1-31-18-8-4-7-17(15-18)26-23(29)16-28-20-10-3-2-9-19(20)27-22(28)12-5-13-25-24(30)21-11-6-14-32-21/h2-4,6-11,14-15H,5,12-13,16H2,1H3,(H,25,30)(H,26,29). The number of aryl methyl sites for hydroxylation is 1. The Balaban J connectivity index is 1.42. The summed E-state index contributed by atoms with van der Waals surface area (Å²) >= 11 is 0. The first kappa shape index (κ1) is 21.2. The van der Waals surface area contributed by atoms with Crippen LogP contribution in [0.1, 0.15) is 22.8 Å². The number of rotatable bonds is 9. The lowest BCUT2D eigenvalue weighted by Gasteiger charge is -2.11. The summed E-state index contributed by atoms with van der Waals surface area (Å²) in [4.78, 5) is 29.5. The summed E-state index contributed by atoms with van der Waals surface area (Å²) in [5, 5.41) is 5.74. The van der Waals surface area contributed by atoms with Crippen molar-refractivity contribution < 1.29 is 18.7 Å². The van der Waals surface area contributed by atoms with E-state index in [0.717, 1.165) is 16.9 Å². The number of anilines is 1. The Kier molecular flexibility index (Phi) is 6.50. The molecule has 0 saturated heterocycles. The quantitative estimate of drug-likeness (QED) is 0.394. The number of ether oxygens (including phenoxy) is 1. The molecule has 0 bridgehead atoms. The molecule has 0 spiro atoms. The number of amides is 2. The van der Waals surface area contributed by atoms with Gasteiger partial charge in [-0.1, -0.05) is 18.2 Å². The number of nitrogens with zero attached hydrogens (tertiary/aromatic N) is 2. The predicted octanol–water partition coefficient (Wildman–Crippen LogP) is 3.64. The molecule has 0 fully saturated rings. The maximum atomic E-state index is 12.8. The van der Waals surface area contributed by atoms with Crippen molar-refractivity contribution in [2.24, 2.45) is 0 Å². The number of carbonyl (C=O) groups excluding carboxylic acids is 2. The molecule has 0 saturated carbocycles. The van der Waals surface area contributed by atoms with Gasteiger partial charge in [-0.05, 0) is 42.8 Å². The number of carbonyl (C=O) groups is 2. The van der Waals surface area contributed by atoms with Crippen LogP contribution in [0.25, 0.3) is 11.0 Å². The monoisotopic (exact) mass is 432 g/mol. The Morgan fingerprint density at radius 1 is 1.09 bits per heavy atom. The van der Waals surface area contributed by atoms with Gasteiger partial charge in [-0.15, -0.1) is 0 Å². The molecule has 2 aromatic carbocycles. The van der Waals surface area contributed by atoms with Gasteiger partial charge in [-0.2, -0.15) is 0 Å². The molecule has 2 amide bonds. The SMILES string of the molecule is COc1cccc(NC(=O)Cn2c(CCCNC(=O)c3ccco3)nc3ccccc32)c1. The van der Waals surface area contributed by atoms with E-state index in [9.17, 15) is 9.59 Å². The molecule has 0 aliphatic rings. The summed E-state index contributed by atoms with van der Waals surface area (Å²) in [5.41, 5.74) is 2.39. The molecule has 0 atom stereocenters. The highest BCUT2D eigenvalue weighted by molar-refractivity contribution is 5.92. The molecule has 0 radical (unpaired) electrons. The molecule has 4 aromatic rings. The van der Waals surface area contributed by atoms with Crippen LogP contribution < -0.4 is 15.4 Å². The van der Waals surface area contributed by atoms with Crippen LogP contribution in [-0.2, 0) is 17.8 Å². The number of furan rings is 1. The maximum Gasteiger partial charge on any atom is 0.286 e. The van der Waals surface area contributed by atoms with Crippen LogP contribution in [0, 0.1) is 0 Å². The summed E-state index contributed by atoms with van der Waals surface area (Å²) < 4.78 is 12.2. The Bertz CT molecular complexity index is 1210. The Morgan fingerprint density at radius 3 is 2.78 bits per heavy atom. The first-order chi connectivity index (χ1) is 15.6. The number of hydrogen-bond acceptors (Lipinski definition) is 5. The number of hydrogen-bond donors (Lipinski definition) is 2. The fourth-order valence-electron chi connectivity index (χ4n) is 3.48. The van der Waals surface area contributed by atoms with Crippen molar-refractivity contribution in [1.29, 1.82) is 0 Å². The molecule has 2 N–H and O–H groups in total. The van der Waals surface area contributed by atoms with Crippen LogP contribution >= 0.6 is 0 Å². The van der Waals surface area contributed by atoms with Crippen LogP contribution in [0.5, 0.6) is 5.75 Å². The van der Waals surface area contributed by atoms with Crippen LogP contribution in [0.3, 0.4) is 0 Å². The van der Waals surface area contributed by atoms with Gasteiger partial charge in [0, 0.05) is 24.7 Å². The minimum Gasteiger partial charge on any atom is -0.497 e. The molecule has 0 aliphatic heterocycles. The number of para-hydroxylation sites is 2. The smallest absolute Gasteiger partial charge is 0.286 e. The van der Waals surface area contributed by atoms with E-state index in [2.05, 4.69) is 10.6 Å². The van der Waals surface area contributed by atoms with E-state index in [0.29, 0.717) is 30.8 Å². The Labute approximate surface area is 185 Å². The zero-order valence-corrected chi connectivity index (χ0v) is 17.7. The van der Waals surface area contributed by atoms with Gasteiger partial charge in [0.25, 0.3) is 5.91 Å². The van der Waals surface area contributed by atoms with Crippen molar-refractivity contribution in [2.45, 2.75) is 19.4 Å². The van der Waals surface area contributed by atoms with Crippen molar-refractivity contribution >= 4 is 28.5 Å². The summed E-state index contributed by atoms with van der Waals surface area (Å²) in [6.45, 7) is 0.602. The average molecular weight is 432 g/mol. The van der Waals surface area contributed by atoms with Gasteiger partial charge in [-0.3, -0.25) is 9.59 Å². The highest BCUT2D eigenvalue weighted by Gasteiger charge is 2.14. The zero-order chi connectivity index (χ0) is 22.3. The van der Waals surface area contributed by atoms with E-state index in [-0.39, 0.29) is 24.1 Å². The van der Waals surface area contributed by atoms with E-state index in [1.807, 2.05) is 47.0 Å². The number of fused-ring (bicyclic) bond motifs is 1. The van der Waals surface area contributed by atoms with Gasteiger partial charge in [0.2, 0.25) is 5.91 Å². The van der Waals surface area contributed by atoms with Crippen molar-refractivity contribution in [3.63, 3.8) is 0 Å². The minimum atomic E-state index is -0.249. The second-order valence-corrected chi connectivity index (χ2v) is 7.22. The molecule has 0 unspecified atom stereocenters. The Hall–Kier alpha value is -4.07. The lowest BCUT2D eigenvalue weighted by atomic mass is 10.2. The maximum absolute atomic E-state index is 12.8. The average Bonchev–Trinajstić information content (AvgIpc) is 3.46. The fraction of sp³-hybridized carbons (Fsp3) is 0.208. The molecular formula is C24H24N4O4. The molecular weight excluding hydrogens is 408 g/mol. The number of nitrogens with one attached hydrogen (secondary N) is 2. The van der Waals surface area contributed by atoms with Gasteiger partial charge in [0.1, 0.15) is 18.1 Å². The summed E-state index contributed by atoms with van der Waals surface area (Å²) in [6, 6.07) is 18.2. The molecule has 8 heteroatoms. The third kappa shape index (κ3) is 4.97. The van der Waals surface area contributed by atoms with Crippen LogP contribution in [-0.4, -0.2) is 35.0 Å². The lowest BCUT2D eigenvalue weighted by molar-refractivity contribution is -0.116. The van der Waals surface area contributed by atoms with Crippen molar-refractivity contribution in [2.75, 3.05) is 19.0 Å². The topological polar surface area (TPSA) is 98.4 Å². The van der Waals surface area contributed by atoms with Gasteiger partial charge in [0.15, 0.2) is 5.76 Å². The van der Waals surface area contributed by atoms with Crippen LogP contribution in [0.2, 0.25) is 0 Å². The van der Waals surface area contributed by atoms with Crippen molar-refractivity contribution in [3.05, 3.63) is 78.5 Å². The number of imidazole rings is 1. The molecule has 2 heterocycles. The minimum absolute atomic E-state index is 0.131. The van der Waals surface area contributed by atoms with Gasteiger partial charge < -0.3 is 24.4 Å². The molecule has 0 aliphatic carbocycles. The number of methoxy groups -OCH3 is 1. The Morgan fingerprint density at radius 2 is 1.97 bits per heavy atom. The summed E-state index contributed by atoms with van der Waals surface area (Å²) in [6.07, 6.45) is 2.75. The van der Waals surface area contributed by atoms with E-state index >= 15 is 0 Å². The highest BCUT2D eigenvalue weighted by atomic mass is 16.5. The van der Waals surface area contributed by atoms with Gasteiger partial charge in [0.05, 0.1) is 24.4 Å². The van der Waals surface area contributed by atoms with E-state index < -0.39 is 0 Å². The summed E-state index contributed by atoms with van der Waals surface area (Å²) in [7, 11) is 1.59. The molecule has 2 aromatic heterocycles. The normalized spacial score (nSPS) is 10.8. The van der Waals surface area contributed by atoms with Crippen LogP contribution in [0.4, 0.5) is 5.69 Å².